The zero-order valence-electron chi connectivity index (χ0n) is 29.4. The Morgan fingerprint density at radius 1 is 0.489 bits per heavy atom. The average molecular weight is 799 g/mol. The molecule has 2 heterocycles. The van der Waals surface area contributed by atoms with Crippen LogP contribution in [0.3, 0.4) is 0 Å². The molecule has 0 amide bonds. The first-order valence-electron chi connectivity index (χ1n) is 17.0. The molecule has 2 aromatic heterocycles. The maximum absolute atomic E-state index is 5.03. The molecule has 0 spiro atoms. The molecule has 0 fully saturated rings. The van der Waals surface area contributed by atoms with E-state index in [4.69, 9.17) is 9.97 Å². The molecule has 0 aliphatic heterocycles. The summed E-state index contributed by atoms with van der Waals surface area (Å²) < 4.78 is 0. The predicted molar refractivity (Wildman–Crippen MR) is 200 cm³/mol. The van der Waals surface area contributed by atoms with E-state index in [1.54, 1.807) is 0 Å². The van der Waals surface area contributed by atoms with Crippen LogP contribution in [0, 0.1) is 39.5 Å². The summed E-state index contributed by atoms with van der Waals surface area (Å²) >= 11 is 0. The van der Waals surface area contributed by atoms with Crippen molar-refractivity contribution >= 4 is 21.8 Å². The van der Waals surface area contributed by atoms with E-state index in [0.717, 1.165) is 35.3 Å². The summed E-state index contributed by atoms with van der Waals surface area (Å²) in [6.07, 6.45) is 4.55. The molecule has 3 heteroatoms. The van der Waals surface area contributed by atoms with Gasteiger partial charge < -0.3 is 0 Å². The Hall–Kier alpha value is -3.65. The number of fused-ring (bicyclic) bond motifs is 2. The second-order valence-corrected chi connectivity index (χ2v) is 13.7. The number of pyridine rings is 2. The van der Waals surface area contributed by atoms with Gasteiger partial charge in [-0.05, 0) is 123 Å². The summed E-state index contributed by atoms with van der Waals surface area (Å²) in [7, 11) is 0. The Balaban J connectivity index is 0.000000208. The van der Waals surface area contributed by atoms with Crippen LogP contribution >= 0.6 is 0 Å². The smallest absolute Gasteiger partial charge is 0.247 e. The van der Waals surface area contributed by atoms with Crippen LogP contribution in [-0.2, 0) is 32.9 Å². The van der Waals surface area contributed by atoms with Crippen molar-refractivity contribution in [2.45, 2.75) is 81.1 Å². The van der Waals surface area contributed by atoms with Gasteiger partial charge in [0, 0.05) is 21.9 Å². The number of hydrogen-bond acceptors (Lipinski definition) is 2. The van der Waals surface area contributed by atoms with Crippen molar-refractivity contribution in [2.75, 3.05) is 0 Å². The fourth-order valence-corrected chi connectivity index (χ4v) is 6.07. The van der Waals surface area contributed by atoms with Crippen LogP contribution in [0.1, 0.15) is 73.9 Å². The van der Waals surface area contributed by atoms with Crippen LogP contribution in [0.2, 0.25) is 0 Å². The minimum absolute atomic E-state index is 0. The van der Waals surface area contributed by atoms with Crippen LogP contribution in [-0.4, -0.2) is 9.97 Å². The molecule has 6 rings (SSSR count). The van der Waals surface area contributed by atoms with Crippen molar-refractivity contribution in [1.29, 1.82) is 0 Å². The zero-order valence-corrected chi connectivity index (χ0v) is 31.8. The zero-order chi connectivity index (χ0) is 32.8. The van der Waals surface area contributed by atoms with Gasteiger partial charge in [0.1, 0.15) is 0 Å². The molecule has 0 aliphatic rings. The number of rotatable bonds is 8. The molecule has 6 aromatic rings. The van der Waals surface area contributed by atoms with Crippen LogP contribution < -0.4 is 0 Å². The quantitative estimate of drug-likeness (QED) is 0.153. The maximum Gasteiger partial charge on any atom is 3.00 e. The van der Waals surface area contributed by atoms with E-state index in [1.165, 1.54) is 68.1 Å². The van der Waals surface area contributed by atoms with Crippen LogP contribution in [0.25, 0.3) is 44.3 Å². The monoisotopic (exact) mass is 799 g/mol. The van der Waals surface area contributed by atoms with E-state index in [2.05, 4.69) is 152 Å². The fourth-order valence-electron chi connectivity index (χ4n) is 6.07. The van der Waals surface area contributed by atoms with Crippen molar-refractivity contribution in [1.82, 2.24) is 9.97 Å². The molecule has 0 radical (unpaired) electrons. The van der Waals surface area contributed by atoms with Crippen molar-refractivity contribution in [3.63, 3.8) is 0 Å². The van der Waals surface area contributed by atoms with E-state index in [-0.39, 0.29) is 20.1 Å². The first-order chi connectivity index (χ1) is 22.1. The minimum Gasteiger partial charge on any atom is -0.247 e. The second kappa shape index (κ2) is 16.4. The Bertz CT molecular complexity index is 1810. The summed E-state index contributed by atoms with van der Waals surface area (Å²) in [5.41, 5.74) is 15.1. The van der Waals surface area contributed by atoms with E-state index in [0.29, 0.717) is 11.8 Å². The van der Waals surface area contributed by atoms with Crippen molar-refractivity contribution in [2.24, 2.45) is 11.8 Å². The molecule has 242 valence electrons. The summed E-state index contributed by atoms with van der Waals surface area (Å²) in [4.78, 5) is 10.1. The number of hydrogen-bond donors (Lipinski definition) is 0. The molecule has 0 saturated heterocycles. The van der Waals surface area contributed by atoms with Gasteiger partial charge in [0.05, 0.1) is 22.4 Å². The van der Waals surface area contributed by atoms with E-state index in [1.807, 2.05) is 0 Å². The number of benzene rings is 4. The summed E-state index contributed by atoms with van der Waals surface area (Å²) in [5, 5.41) is 2.47. The summed E-state index contributed by atoms with van der Waals surface area (Å²) in [5.74, 6) is 1.40. The van der Waals surface area contributed by atoms with E-state index < -0.39 is 0 Å². The molecule has 47 heavy (non-hydrogen) atoms. The Kier molecular flexibility index (Phi) is 12.7. The molecule has 0 atom stereocenters. The largest absolute Gasteiger partial charge is 3.00 e. The molecule has 0 aliphatic carbocycles. The number of nitrogens with zero attached hydrogens (tertiary/aromatic N) is 2. The molecule has 2 nitrogen and oxygen atoms in total. The third-order valence-electron chi connectivity index (χ3n) is 9.31. The first-order valence-corrected chi connectivity index (χ1v) is 17.0. The SMILES string of the molecule is Cc1cccc(-c2nc3ccccc3cc2CCC(C)C)c1C.Cc1cccc(-c2nc3ccccc3cc2CCC(C)C)c1C.[Ir+3]. The van der Waals surface area contributed by atoms with Gasteiger partial charge >= 0.3 is 20.1 Å². The minimum atomic E-state index is 0. The number of aryl methyl sites for hydroxylation is 4. The first kappa shape index (κ1) is 36.2. The molecule has 0 unspecified atom stereocenters. The fraction of sp³-hybridized carbons (Fsp3) is 0.318. The average Bonchev–Trinajstić information content (AvgIpc) is 3.05. The van der Waals surface area contributed by atoms with Crippen molar-refractivity contribution < 1.29 is 20.1 Å². The molecule has 0 saturated carbocycles. The van der Waals surface area contributed by atoms with Crippen molar-refractivity contribution in [3.8, 4) is 22.5 Å². The normalized spacial score (nSPS) is 11.1. The van der Waals surface area contributed by atoms with Gasteiger partial charge in [-0.1, -0.05) is 100 Å². The Labute approximate surface area is 296 Å². The van der Waals surface area contributed by atoms with E-state index >= 15 is 0 Å². The third kappa shape index (κ3) is 8.83. The van der Waals surface area contributed by atoms with Crippen LogP contribution in [0.4, 0.5) is 0 Å². The molecular weight excluding hydrogens is 749 g/mol. The van der Waals surface area contributed by atoms with Crippen molar-refractivity contribution in [3.05, 3.63) is 130 Å². The molecule has 4 aromatic carbocycles. The Morgan fingerprint density at radius 2 is 0.872 bits per heavy atom. The summed E-state index contributed by atoms with van der Waals surface area (Å²) in [6, 6.07) is 34.6. The molecule has 0 bridgehead atoms. The van der Waals surface area contributed by atoms with Gasteiger partial charge in [-0.3, -0.25) is 0 Å². The topological polar surface area (TPSA) is 25.8 Å². The number of para-hydroxylation sites is 2. The molecular formula is C44H50IrN2+3. The van der Waals surface area contributed by atoms with Gasteiger partial charge in [0.2, 0.25) is 0 Å². The summed E-state index contributed by atoms with van der Waals surface area (Å²) in [6.45, 7) is 17.9. The Morgan fingerprint density at radius 3 is 1.26 bits per heavy atom. The number of aromatic nitrogens is 2. The van der Waals surface area contributed by atoms with Crippen LogP contribution in [0.5, 0.6) is 0 Å². The standard InChI is InChI=1S/2C22H25N.Ir/c2*1-15(2)12-13-19-14-18-9-5-6-11-21(18)23-22(19)20-10-7-8-16(3)17(20)4;/h2*5-11,14-15H,12-13H2,1-4H3;/q;;+3. The van der Waals surface area contributed by atoms with Gasteiger partial charge in [0.15, 0.2) is 0 Å². The van der Waals surface area contributed by atoms with Gasteiger partial charge in [0.25, 0.3) is 0 Å². The van der Waals surface area contributed by atoms with E-state index in [9.17, 15) is 0 Å². The van der Waals surface area contributed by atoms with Gasteiger partial charge in [-0.15, -0.1) is 0 Å². The van der Waals surface area contributed by atoms with Crippen LogP contribution in [0.15, 0.2) is 97.1 Å². The van der Waals surface area contributed by atoms with Gasteiger partial charge in [-0.2, -0.15) is 0 Å². The van der Waals surface area contributed by atoms with Gasteiger partial charge in [-0.25, -0.2) is 9.97 Å². The second-order valence-electron chi connectivity index (χ2n) is 13.7. The predicted octanol–water partition coefficient (Wildman–Crippen LogP) is 12.2. The molecule has 0 N–H and O–H groups in total. The maximum atomic E-state index is 5.03. The third-order valence-corrected chi connectivity index (χ3v) is 9.31.